The number of allylic oxidation sites excluding steroid dienone is 1. The minimum atomic E-state index is 0.492. The van der Waals surface area contributed by atoms with Gasteiger partial charge in [-0.05, 0) is 30.2 Å². The van der Waals surface area contributed by atoms with Gasteiger partial charge >= 0.3 is 0 Å². The smallest absolute Gasteiger partial charge is 0.140 e. The van der Waals surface area contributed by atoms with Gasteiger partial charge in [0, 0.05) is 17.3 Å². The topological polar surface area (TPSA) is 48.1 Å². The van der Waals surface area contributed by atoms with Crippen LogP contribution in [0.15, 0.2) is 42.4 Å². The first-order valence-corrected chi connectivity index (χ1v) is 6.18. The summed E-state index contributed by atoms with van der Waals surface area (Å²) in [7, 11) is 0. The van der Waals surface area contributed by atoms with Gasteiger partial charge in [0.2, 0.25) is 0 Å². The summed E-state index contributed by atoms with van der Waals surface area (Å²) in [5.41, 5.74) is 7.54. The van der Waals surface area contributed by atoms with Crippen LogP contribution in [0.2, 0.25) is 0 Å². The molecule has 2 rings (SSSR count). The molecule has 0 fully saturated rings. The Hall–Kier alpha value is -1.81. The average molecular weight is 246 g/mol. The van der Waals surface area contributed by atoms with E-state index in [0.29, 0.717) is 6.61 Å². The van der Waals surface area contributed by atoms with Crippen molar-refractivity contribution >= 4 is 17.0 Å². The van der Waals surface area contributed by atoms with E-state index in [1.807, 2.05) is 29.7 Å². The molecule has 0 amide bonds. The summed E-state index contributed by atoms with van der Waals surface area (Å²) in [6, 6.07) is 5.64. The van der Waals surface area contributed by atoms with Gasteiger partial charge in [0.15, 0.2) is 0 Å². The number of hydrogen-bond donors (Lipinski definition) is 1. The van der Waals surface area contributed by atoms with Crippen LogP contribution in [0.25, 0.3) is 0 Å². The number of benzene rings is 1. The van der Waals surface area contributed by atoms with Crippen molar-refractivity contribution in [3.63, 3.8) is 0 Å². The zero-order valence-electron chi connectivity index (χ0n) is 9.43. The molecule has 2 N–H and O–H groups in total. The molecule has 0 spiro atoms. The Morgan fingerprint density at radius 2 is 2.35 bits per heavy atom. The molecule has 2 aromatic rings. The van der Waals surface area contributed by atoms with Crippen LogP contribution >= 0.6 is 11.3 Å². The van der Waals surface area contributed by atoms with E-state index in [-0.39, 0.29) is 0 Å². The highest BCUT2D eigenvalue weighted by Gasteiger charge is 2.04. The highest BCUT2D eigenvalue weighted by molar-refractivity contribution is 7.09. The number of aromatic nitrogens is 1. The number of hydrogen-bond acceptors (Lipinski definition) is 4. The standard InChI is InChI=1S/C13H14N2OS/c1-2-3-10-8-11(14)4-5-12(10)16-9-13-15-6-7-17-13/h2,4-8H,1,3,9,14H2. The Morgan fingerprint density at radius 3 is 3.06 bits per heavy atom. The monoisotopic (exact) mass is 246 g/mol. The predicted octanol–water partition coefficient (Wildman–Crippen LogP) is 3.03. The van der Waals surface area contributed by atoms with Crippen molar-refractivity contribution in [1.29, 1.82) is 0 Å². The maximum absolute atomic E-state index is 5.75. The summed E-state index contributed by atoms with van der Waals surface area (Å²) >= 11 is 1.58. The largest absolute Gasteiger partial charge is 0.486 e. The van der Waals surface area contributed by atoms with Crippen molar-refractivity contribution in [2.45, 2.75) is 13.0 Å². The number of rotatable bonds is 5. The van der Waals surface area contributed by atoms with Crippen LogP contribution in [0.5, 0.6) is 5.75 Å². The molecule has 0 aliphatic rings. The lowest BCUT2D eigenvalue weighted by Crippen LogP contribution is -1.99. The van der Waals surface area contributed by atoms with Gasteiger partial charge < -0.3 is 10.5 Å². The average Bonchev–Trinajstić information content (AvgIpc) is 2.81. The predicted molar refractivity (Wildman–Crippen MR) is 71.2 cm³/mol. The lowest BCUT2D eigenvalue weighted by molar-refractivity contribution is 0.303. The SMILES string of the molecule is C=CCc1cc(N)ccc1OCc1nccs1. The second-order valence-corrected chi connectivity index (χ2v) is 4.55. The van der Waals surface area contributed by atoms with E-state index in [4.69, 9.17) is 10.5 Å². The van der Waals surface area contributed by atoms with E-state index in [2.05, 4.69) is 11.6 Å². The number of thiazole rings is 1. The van der Waals surface area contributed by atoms with Crippen molar-refractivity contribution in [3.8, 4) is 5.75 Å². The van der Waals surface area contributed by atoms with Crippen molar-refractivity contribution in [3.05, 3.63) is 53.0 Å². The Bertz CT molecular complexity index is 494. The highest BCUT2D eigenvalue weighted by atomic mass is 32.1. The van der Waals surface area contributed by atoms with Gasteiger partial charge in [-0.15, -0.1) is 17.9 Å². The summed E-state index contributed by atoms with van der Waals surface area (Å²) in [5.74, 6) is 0.842. The molecule has 3 nitrogen and oxygen atoms in total. The first-order valence-electron chi connectivity index (χ1n) is 5.30. The van der Waals surface area contributed by atoms with Gasteiger partial charge in [-0.1, -0.05) is 6.08 Å². The van der Waals surface area contributed by atoms with Crippen molar-refractivity contribution in [2.24, 2.45) is 0 Å². The number of nitrogen functional groups attached to an aromatic ring is 1. The third-order valence-electron chi connectivity index (χ3n) is 2.28. The molecule has 88 valence electrons. The molecule has 0 aliphatic heterocycles. The number of nitrogens with two attached hydrogens (primary N) is 1. The molecule has 0 bridgehead atoms. The minimum absolute atomic E-state index is 0.492. The van der Waals surface area contributed by atoms with Crippen LogP contribution in [-0.2, 0) is 13.0 Å². The molecule has 0 saturated heterocycles. The number of ether oxygens (including phenoxy) is 1. The van der Waals surface area contributed by atoms with Crippen LogP contribution < -0.4 is 10.5 Å². The van der Waals surface area contributed by atoms with Gasteiger partial charge in [-0.25, -0.2) is 4.98 Å². The molecule has 17 heavy (non-hydrogen) atoms. The van der Waals surface area contributed by atoms with Gasteiger partial charge in [-0.3, -0.25) is 0 Å². The van der Waals surface area contributed by atoms with E-state index in [0.717, 1.165) is 28.4 Å². The second kappa shape index (κ2) is 5.50. The Morgan fingerprint density at radius 1 is 1.47 bits per heavy atom. The number of nitrogens with zero attached hydrogens (tertiary/aromatic N) is 1. The molecular weight excluding hydrogens is 232 g/mol. The first-order chi connectivity index (χ1) is 8.29. The van der Waals surface area contributed by atoms with Crippen molar-refractivity contribution < 1.29 is 4.74 Å². The van der Waals surface area contributed by atoms with Crippen LogP contribution in [0.1, 0.15) is 10.6 Å². The number of anilines is 1. The maximum atomic E-state index is 5.75. The van der Waals surface area contributed by atoms with E-state index in [9.17, 15) is 0 Å². The molecule has 0 unspecified atom stereocenters. The van der Waals surface area contributed by atoms with Gasteiger partial charge in [0.05, 0.1) is 0 Å². The molecule has 1 heterocycles. The van der Waals surface area contributed by atoms with Crippen molar-refractivity contribution in [2.75, 3.05) is 5.73 Å². The molecule has 0 aliphatic carbocycles. The second-order valence-electron chi connectivity index (χ2n) is 3.57. The summed E-state index contributed by atoms with van der Waals surface area (Å²) in [5, 5.41) is 2.90. The lowest BCUT2D eigenvalue weighted by atomic mass is 10.1. The summed E-state index contributed by atoms with van der Waals surface area (Å²) in [6.45, 7) is 4.22. The van der Waals surface area contributed by atoms with E-state index < -0.39 is 0 Å². The summed E-state index contributed by atoms with van der Waals surface area (Å²) in [6.07, 6.45) is 4.36. The Balaban J connectivity index is 2.11. The third kappa shape index (κ3) is 3.07. The summed E-state index contributed by atoms with van der Waals surface area (Å²) in [4.78, 5) is 4.17. The molecule has 1 aromatic heterocycles. The van der Waals surface area contributed by atoms with Crippen LogP contribution in [0, 0.1) is 0 Å². The maximum Gasteiger partial charge on any atom is 0.140 e. The fraction of sp³-hybridized carbons (Fsp3) is 0.154. The van der Waals surface area contributed by atoms with Gasteiger partial charge in [0.1, 0.15) is 17.4 Å². The molecule has 0 atom stereocenters. The minimum Gasteiger partial charge on any atom is -0.486 e. The quantitative estimate of drug-likeness (QED) is 0.651. The lowest BCUT2D eigenvalue weighted by Gasteiger charge is -2.10. The summed E-state index contributed by atoms with van der Waals surface area (Å²) < 4.78 is 5.73. The molecule has 1 aromatic carbocycles. The Kier molecular flexibility index (Phi) is 3.77. The van der Waals surface area contributed by atoms with Crippen LogP contribution in [0.3, 0.4) is 0 Å². The third-order valence-corrected chi connectivity index (χ3v) is 3.04. The molecular formula is C13H14N2OS. The van der Waals surface area contributed by atoms with E-state index in [1.165, 1.54) is 0 Å². The zero-order chi connectivity index (χ0) is 12.1. The fourth-order valence-corrected chi connectivity index (χ4v) is 2.05. The fourth-order valence-electron chi connectivity index (χ4n) is 1.52. The van der Waals surface area contributed by atoms with Crippen molar-refractivity contribution in [1.82, 2.24) is 4.98 Å². The molecule has 4 heteroatoms. The van der Waals surface area contributed by atoms with Crippen LogP contribution in [-0.4, -0.2) is 4.98 Å². The Labute approximate surface area is 105 Å². The van der Waals surface area contributed by atoms with Gasteiger partial charge in [0.25, 0.3) is 0 Å². The molecule has 0 saturated carbocycles. The normalized spacial score (nSPS) is 10.1. The van der Waals surface area contributed by atoms with Gasteiger partial charge in [-0.2, -0.15) is 0 Å². The first kappa shape index (κ1) is 11.7. The van der Waals surface area contributed by atoms with E-state index in [1.54, 1.807) is 17.5 Å². The van der Waals surface area contributed by atoms with Crippen LogP contribution in [0.4, 0.5) is 5.69 Å². The zero-order valence-corrected chi connectivity index (χ0v) is 10.2. The molecule has 0 radical (unpaired) electrons. The van der Waals surface area contributed by atoms with E-state index >= 15 is 0 Å². The highest BCUT2D eigenvalue weighted by Crippen LogP contribution is 2.23.